The summed E-state index contributed by atoms with van der Waals surface area (Å²) in [6, 6.07) is 14.4. The van der Waals surface area contributed by atoms with Crippen LogP contribution in [0.1, 0.15) is 25.3 Å². The van der Waals surface area contributed by atoms with Gasteiger partial charge >= 0.3 is 18.2 Å². The Labute approximate surface area is 241 Å². The lowest BCUT2D eigenvalue weighted by molar-refractivity contribution is -0.389. The fraction of sp³-hybridized carbons (Fsp3) is 0.414. The molecule has 0 bridgehead atoms. The van der Waals surface area contributed by atoms with Crippen molar-refractivity contribution in [2.24, 2.45) is 0 Å². The number of ether oxygens (including phenoxy) is 3. The largest absolute Gasteiger partial charge is 0.573 e. The molecule has 42 heavy (non-hydrogen) atoms. The predicted octanol–water partition coefficient (Wildman–Crippen LogP) is 5.53. The Morgan fingerprint density at radius 3 is 2.43 bits per heavy atom. The standard InChI is InChI=1S/C29H32F3N5O5/c1-28(19-36-18-26(37(38)39)33-27(36)42-28)20-40-24-11-7-23(8-12-24)35-16-13-22(14-17-35)34(2)15-3-4-21-5-9-25(10-6-21)41-29(30,31)32/h3-12,18,22H,13-17,19-20H2,1-2H3/b4-3+/t28-/m1/s1. The summed E-state index contributed by atoms with van der Waals surface area (Å²) in [5.74, 6) is 0.245. The van der Waals surface area contributed by atoms with Crippen LogP contribution in [0.5, 0.6) is 17.5 Å². The number of imidazole rings is 1. The Kier molecular flexibility index (Phi) is 8.30. The number of fused-ring (bicyclic) bond motifs is 1. The number of nitro groups is 1. The SMILES string of the molecule is CN(C/C=C/c1ccc(OC(F)(F)F)cc1)C1CCN(c2ccc(OC[C@@]3(C)Cn4cc([N+](=O)[O-])nc4O3)cc2)CC1. The number of likely N-dealkylation sites (N-methyl/N-ethyl adjacent to an activating group) is 1. The van der Waals surface area contributed by atoms with Gasteiger partial charge in [0.05, 0.1) is 6.54 Å². The van der Waals surface area contributed by atoms with E-state index < -0.39 is 16.9 Å². The predicted molar refractivity (Wildman–Crippen MR) is 150 cm³/mol. The summed E-state index contributed by atoms with van der Waals surface area (Å²) < 4.78 is 54.3. The maximum atomic E-state index is 12.3. The summed E-state index contributed by atoms with van der Waals surface area (Å²) in [4.78, 5) is 18.9. The van der Waals surface area contributed by atoms with Gasteiger partial charge in [-0.25, -0.2) is 0 Å². The second-order valence-electron chi connectivity index (χ2n) is 10.8. The molecule has 10 nitrogen and oxygen atoms in total. The van der Waals surface area contributed by atoms with Crippen LogP contribution >= 0.6 is 0 Å². The topological polar surface area (TPSA) is 95.1 Å². The molecule has 0 unspecified atom stereocenters. The molecule has 3 heterocycles. The highest BCUT2D eigenvalue weighted by Gasteiger charge is 2.41. The van der Waals surface area contributed by atoms with Crippen molar-refractivity contribution in [3.63, 3.8) is 0 Å². The first-order valence-corrected chi connectivity index (χ1v) is 13.6. The minimum absolute atomic E-state index is 0.223. The van der Waals surface area contributed by atoms with E-state index in [4.69, 9.17) is 9.47 Å². The minimum Gasteiger partial charge on any atom is -0.489 e. The molecule has 1 saturated heterocycles. The molecule has 5 rings (SSSR count). The lowest BCUT2D eigenvalue weighted by atomic mass is 10.0. The first-order chi connectivity index (χ1) is 20.0. The van der Waals surface area contributed by atoms with E-state index in [1.807, 2.05) is 43.3 Å². The normalized spacial score (nSPS) is 19.2. The van der Waals surface area contributed by atoms with E-state index in [1.54, 1.807) is 16.7 Å². The first-order valence-electron chi connectivity index (χ1n) is 13.6. The number of anilines is 1. The Morgan fingerprint density at radius 1 is 1.14 bits per heavy atom. The summed E-state index contributed by atoms with van der Waals surface area (Å²) in [6.07, 6.45) is 2.60. The zero-order valence-electron chi connectivity index (χ0n) is 23.3. The van der Waals surface area contributed by atoms with Crippen molar-refractivity contribution >= 4 is 17.6 Å². The van der Waals surface area contributed by atoms with E-state index in [0.717, 1.165) is 43.7 Å². The zero-order valence-corrected chi connectivity index (χ0v) is 23.3. The molecule has 0 spiro atoms. The van der Waals surface area contributed by atoms with Crippen molar-refractivity contribution in [3.8, 4) is 17.5 Å². The summed E-state index contributed by atoms with van der Waals surface area (Å²) in [7, 11) is 2.08. The molecular weight excluding hydrogens is 555 g/mol. The molecule has 0 N–H and O–H groups in total. The molecule has 1 fully saturated rings. The number of alkyl halides is 3. The highest BCUT2D eigenvalue weighted by atomic mass is 19.4. The lowest BCUT2D eigenvalue weighted by Gasteiger charge is -2.37. The quantitative estimate of drug-likeness (QED) is 0.226. The molecular formula is C29H32F3N5O5. The third kappa shape index (κ3) is 7.32. The number of halogens is 3. The molecule has 0 radical (unpaired) electrons. The van der Waals surface area contributed by atoms with Gasteiger partial charge in [-0.3, -0.25) is 9.47 Å². The van der Waals surface area contributed by atoms with Crippen LogP contribution < -0.4 is 19.1 Å². The number of benzene rings is 2. The number of aromatic nitrogens is 2. The molecule has 2 aromatic carbocycles. The fourth-order valence-corrected chi connectivity index (χ4v) is 5.20. The van der Waals surface area contributed by atoms with Gasteiger partial charge in [-0.1, -0.05) is 24.3 Å². The van der Waals surface area contributed by atoms with Crippen molar-refractivity contribution in [1.29, 1.82) is 0 Å². The average Bonchev–Trinajstić information content (AvgIpc) is 3.48. The molecule has 0 saturated carbocycles. The van der Waals surface area contributed by atoms with Crippen LogP contribution in [0.2, 0.25) is 0 Å². The molecule has 0 aliphatic carbocycles. The van der Waals surface area contributed by atoms with Crippen molar-refractivity contribution in [3.05, 3.63) is 76.5 Å². The van der Waals surface area contributed by atoms with Crippen LogP contribution in [-0.4, -0.2) is 70.7 Å². The van der Waals surface area contributed by atoms with E-state index in [-0.39, 0.29) is 24.2 Å². The van der Waals surface area contributed by atoms with Gasteiger partial charge in [0.25, 0.3) is 0 Å². The Hall–Kier alpha value is -4.26. The van der Waals surface area contributed by atoms with Gasteiger partial charge in [-0.15, -0.1) is 13.2 Å². The van der Waals surface area contributed by atoms with Crippen molar-refractivity contribution in [2.75, 3.05) is 38.2 Å². The van der Waals surface area contributed by atoms with Crippen molar-refractivity contribution in [2.45, 2.75) is 44.3 Å². The molecule has 13 heteroatoms. The Balaban J connectivity index is 1.04. The van der Waals surface area contributed by atoms with Crippen molar-refractivity contribution in [1.82, 2.24) is 14.5 Å². The van der Waals surface area contributed by atoms with Crippen LogP contribution in [0.4, 0.5) is 24.7 Å². The molecule has 1 atom stereocenters. The molecule has 3 aromatic rings. The van der Waals surface area contributed by atoms with Crippen LogP contribution in [0.15, 0.2) is 60.8 Å². The van der Waals surface area contributed by atoms with E-state index in [2.05, 4.69) is 26.6 Å². The molecule has 2 aliphatic rings. The molecule has 0 amide bonds. The number of nitrogens with zero attached hydrogens (tertiary/aromatic N) is 5. The number of hydrogen-bond acceptors (Lipinski definition) is 8. The zero-order chi connectivity index (χ0) is 29.9. The third-order valence-electron chi connectivity index (χ3n) is 7.41. The van der Waals surface area contributed by atoms with Gasteiger partial charge in [0.2, 0.25) is 0 Å². The number of hydrogen-bond donors (Lipinski definition) is 0. The second-order valence-corrected chi connectivity index (χ2v) is 10.8. The Morgan fingerprint density at radius 2 is 1.81 bits per heavy atom. The van der Waals surface area contributed by atoms with Gasteiger partial charge in [0.1, 0.15) is 24.3 Å². The molecule has 2 aliphatic heterocycles. The summed E-state index contributed by atoms with van der Waals surface area (Å²) in [5, 5.41) is 10.9. The van der Waals surface area contributed by atoms with Crippen LogP contribution in [0.3, 0.4) is 0 Å². The highest BCUT2D eigenvalue weighted by molar-refractivity contribution is 5.51. The van der Waals surface area contributed by atoms with Crippen LogP contribution in [0, 0.1) is 10.1 Å². The number of piperidine rings is 1. The average molecular weight is 588 g/mol. The van der Waals surface area contributed by atoms with Gasteiger partial charge in [0.15, 0.2) is 5.60 Å². The Bertz CT molecular complexity index is 1380. The highest BCUT2D eigenvalue weighted by Crippen LogP contribution is 2.32. The maximum Gasteiger partial charge on any atom is 0.573 e. The number of rotatable bonds is 10. The minimum atomic E-state index is -4.69. The van der Waals surface area contributed by atoms with Gasteiger partial charge in [-0.2, -0.15) is 0 Å². The third-order valence-corrected chi connectivity index (χ3v) is 7.41. The monoisotopic (exact) mass is 587 g/mol. The van der Waals surface area contributed by atoms with E-state index in [0.29, 0.717) is 18.3 Å². The van der Waals surface area contributed by atoms with E-state index in [1.165, 1.54) is 18.3 Å². The summed E-state index contributed by atoms with van der Waals surface area (Å²) in [6.45, 7) is 5.14. The fourth-order valence-electron chi connectivity index (χ4n) is 5.20. The first kappa shape index (κ1) is 29.2. The van der Waals surface area contributed by atoms with Gasteiger partial charge in [0, 0.05) is 36.3 Å². The van der Waals surface area contributed by atoms with E-state index >= 15 is 0 Å². The van der Waals surface area contributed by atoms with Crippen molar-refractivity contribution < 1.29 is 32.3 Å². The van der Waals surface area contributed by atoms with Gasteiger partial charge in [-0.05, 0) is 73.7 Å². The van der Waals surface area contributed by atoms with Crippen LogP contribution in [0.25, 0.3) is 6.08 Å². The van der Waals surface area contributed by atoms with E-state index in [9.17, 15) is 23.3 Å². The summed E-state index contributed by atoms with van der Waals surface area (Å²) >= 11 is 0. The molecule has 224 valence electrons. The molecule has 1 aromatic heterocycles. The van der Waals surface area contributed by atoms with Crippen LogP contribution in [-0.2, 0) is 6.54 Å². The smallest absolute Gasteiger partial charge is 0.489 e. The summed E-state index contributed by atoms with van der Waals surface area (Å²) in [5.41, 5.74) is 1.26. The lowest BCUT2D eigenvalue weighted by Crippen LogP contribution is -2.43. The maximum absolute atomic E-state index is 12.3. The second kappa shape index (κ2) is 11.9. The van der Waals surface area contributed by atoms with Gasteiger partial charge < -0.3 is 29.2 Å².